The SMILES string of the molecule is CCCCCCn1c(SC(C)C(=O)NC(=O)NC)nc2ccccc2c1=O. The minimum Gasteiger partial charge on any atom is -0.341 e. The molecule has 0 saturated carbocycles. The van der Waals surface area contributed by atoms with E-state index in [4.69, 9.17) is 0 Å². The summed E-state index contributed by atoms with van der Waals surface area (Å²) in [6.45, 7) is 4.38. The predicted octanol–water partition coefficient (Wildman–Crippen LogP) is 2.91. The fourth-order valence-electron chi connectivity index (χ4n) is 2.62. The molecule has 0 spiro atoms. The second-order valence-electron chi connectivity index (χ2n) is 6.26. The molecule has 8 heteroatoms. The summed E-state index contributed by atoms with van der Waals surface area (Å²) in [6, 6.07) is 6.65. The lowest BCUT2D eigenvalue weighted by molar-refractivity contribution is -0.119. The lowest BCUT2D eigenvalue weighted by atomic mass is 10.2. The molecule has 0 aliphatic rings. The Bertz CT molecular complexity index is 866. The first-order chi connectivity index (χ1) is 13.0. The van der Waals surface area contributed by atoms with E-state index in [0.717, 1.165) is 25.7 Å². The normalized spacial score (nSPS) is 12.0. The van der Waals surface area contributed by atoms with Crippen molar-refractivity contribution in [2.45, 2.75) is 56.5 Å². The van der Waals surface area contributed by atoms with Crippen molar-refractivity contribution in [2.75, 3.05) is 7.05 Å². The fraction of sp³-hybridized carbons (Fsp3) is 0.474. The number of carbonyl (C=O) groups excluding carboxylic acids is 2. The highest BCUT2D eigenvalue weighted by atomic mass is 32.2. The van der Waals surface area contributed by atoms with E-state index in [1.165, 1.54) is 18.8 Å². The minimum absolute atomic E-state index is 0.0986. The van der Waals surface area contributed by atoms with Gasteiger partial charge in [0.05, 0.1) is 16.2 Å². The zero-order valence-electron chi connectivity index (χ0n) is 15.9. The van der Waals surface area contributed by atoms with Crippen molar-refractivity contribution in [3.63, 3.8) is 0 Å². The third-order valence-electron chi connectivity index (χ3n) is 4.18. The van der Waals surface area contributed by atoms with Crippen LogP contribution in [0, 0.1) is 0 Å². The quantitative estimate of drug-likeness (QED) is 0.411. The van der Waals surface area contributed by atoms with Crippen LogP contribution in [0.2, 0.25) is 0 Å². The number of thioether (sulfide) groups is 1. The van der Waals surface area contributed by atoms with E-state index in [9.17, 15) is 14.4 Å². The van der Waals surface area contributed by atoms with Crippen molar-refractivity contribution in [1.29, 1.82) is 0 Å². The molecule has 1 atom stereocenters. The molecule has 146 valence electrons. The van der Waals surface area contributed by atoms with Gasteiger partial charge in [0.2, 0.25) is 5.91 Å². The Morgan fingerprint density at radius 2 is 1.96 bits per heavy atom. The van der Waals surface area contributed by atoms with E-state index in [-0.39, 0.29) is 5.56 Å². The van der Waals surface area contributed by atoms with Crippen LogP contribution in [0.15, 0.2) is 34.2 Å². The lowest BCUT2D eigenvalue weighted by Crippen LogP contribution is -2.41. The van der Waals surface area contributed by atoms with E-state index in [1.807, 2.05) is 12.1 Å². The van der Waals surface area contributed by atoms with Gasteiger partial charge in [-0.3, -0.25) is 19.5 Å². The number of nitrogens with zero attached hydrogens (tertiary/aromatic N) is 2. The number of hydrogen-bond acceptors (Lipinski definition) is 5. The highest BCUT2D eigenvalue weighted by Gasteiger charge is 2.20. The Morgan fingerprint density at radius 1 is 1.22 bits per heavy atom. The van der Waals surface area contributed by atoms with Gasteiger partial charge in [0.1, 0.15) is 0 Å². The van der Waals surface area contributed by atoms with E-state index in [1.54, 1.807) is 23.6 Å². The molecule has 0 fully saturated rings. The maximum atomic E-state index is 12.9. The second-order valence-corrected chi connectivity index (χ2v) is 7.57. The van der Waals surface area contributed by atoms with Crippen LogP contribution in [0.4, 0.5) is 4.79 Å². The first-order valence-corrected chi connectivity index (χ1v) is 10.0. The standard InChI is InChI=1S/C19H26N4O3S/c1-4-5-6-9-12-23-17(25)14-10-7-8-11-15(14)21-19(23)27-13(2)16(24)22-18(26)20-3/h7-8,10-11,13H,4-6,9,12H2,1-3H3,(H2,20,22,24,26). The Kier molecular flexibility index (Phi) is 7.84. The molecule has 2 rings (SSSR count). The van der Waals surface area contributed by atoms with Crippen molar-refractivity contribution in [2.24, 2.45) is 0 Å². The van der Waals surface area contributed by atoms with Crippen LogP contribution in [0.1, 0.15) is 39.5 Å². The van der Waals surface area contributed by atoms with Crippen LogP contribution in [0.5, 0.6) is 0 Å². The smallest absolute Gasteiger partial charge is 0.321 e. The van der Waals surface area contributed by atoms with Gasteiger partial charge in [-0.1, -0.05) is 50.1 Å². The van der Waals surface area contributed by atoms with E-state index >= 15 is 0 Å². The van der Waals surface area contributed by atoms with Gasteiger partial charge < -0.3 is 5.32 Å². The largest absolute Gasteiger partial charge is 0.341 e. The Labute approximate surface area is 162 Å². The van der Waals surface area contributed by atoms with Crippen molar-refractivity contribution >= 4 is 34.6 Å². The molecule has 1 unspecified atom stereocenters. The van der Waals surface area contributed by atoms with Gasteiger partial charge in [0, 0.05) is 13.6 Å². The van der Waals surface area contributed by atoms with Crippen LogP contribution in [-0.4, -0.2) is 33.8 Å². The Hall–Kier alpha value is -2.35. The highest BCUT2D eigenvalue weighted by molar-refractivity contribution is 8.00. The summed E-state index contributed by atoms with van der Waals surface area (Å²) in [5.74, 6) is -0.431. The van der Waals surface area contributed by atoms with Crippen LogP contribution in [0.3, 0.4) is 0 Å². The third-order valence-corrected chi connectivity index (χ3v) is 5.27. The number of unbranched alkanes of at least 4 members (excludes halogenated alkanes) is 3. The number of carbonyl (C=O) groups is 2. The maximum Gasteiger partial charge on any atom is 0.321 e. The summed E-state index contributed by atoms with van der Waals surface area (Å²) in [6.07, 6.45) is 4.14. The number of rotatable bonds is 8. The van der Waals surface area contributed by atoms with Gasteiger partial charge in [-0.05, 0) is 25.5 Å². The Morgan fingerprint density at radius 3 is 2.67 bits per heavy atom. The molecule has 0 bridgehead atoms. The van der Waals surface area contributed by atoms with Gasteiger partial charge in [-0.25, -0.2) is 9.78 Å². The van der Waals surface area contributed by atoms with Crippen molar-refractivity contribution < 1.29 is 9.59 Å². The summed E-state index contributed by atoms with van der Waals surface area (Å²) >= 11 is 1.18. The van der Waals surface area contributed by atoms with Gasteiger partial charge in [-0.2, -0.15) is 0 Å². The van der Waals surface area contributed by atoms with E-state index < -0.39 is 17.2 Å². The van der Waals surface area contributed by atoms with Crippen molar-refractivity contribution in [3.05, 3.63) is 34.6 Å². The van der Waals surface area contributed by atoms with Gasteiger partial charge in [0.15, 0.2) is 5.16 Å². The average molecular weight is 391 g/mol. The van der Waals surface area contributed by atoms with Gasteiger partial charge in [-0.15, -0.1) is 0 Å². The highest BCUT2D eigenvalue weighted by Crippen LogP contribution is 2.23. The third kappa shape index (κ3) is 5.56. The summed E-state index contributed by atoms with van der Waals surface area (Å²) in [4.78, 5) is 41.1. The number of aromatic nitrogens is 2. The van der Waals surface area contributed by atoms with Crippen molar-refractivity contribution in [1.82, 2.24) is 20.2 Å². The molecule has 1 aromatic heterocycles. The first kappa shape index (κ1) is 21.0. The lowest BCUT2D eigenvalue weighted by Gasteiger charge is -2.16. The topological polar surface area (TPSA) is 93.1 Å². The average Bonchev–Trinajstić information content (AvgIpc) is 2.67. The molecule has 2 aromatic rings. The van der Waals surface area contributed by atoms with Gasteiger partial charge in [0.25, 0.3) is 5.56 Å². The van der Waals surface area contributed by atoms with E-state index in [0.29, 0.717) is 22.6 Å². The van der Waals surface area contributed by atoms with Crippen LogP contribution >= 0.6 is 11.8 Å². The summed E-state index contributed by atoms with van der Waals surface area (Å²) in [7, 11) is 1.44. The maximum absolute atomic E-state index is 12.9. The molecule has 2 N–H and O–H groups in total. The number of imide groups is 1. The second kappa shape index (κ2) is 10.1. The van der Waals surface area contributed by atoms with Gasteiger partial charge >= 0.3 is 6.03 Å². The number of nitrogens with one attached hydrogen (secondary N) is 2. The molecular formula is C19H26N4O3S. The molecule has 3 amide bonds. The monoisotopic (exact) mass is 390 g/mol. The zero-order valence-corrected chi connectivity index (χ0v) is 16.8. The number of fused-ring (bicyclic) bond motifs is 1. The summed E-state index contributed by atoms with van der Waals surface area (Å²) < 4.78 is 1.65. The van der Waals surface area contributed by atoms with Crippen LogP contribution < -0.4 is 16.2 Å². The first-order valence-electron chi connectivity index (χ1n) is 9.16. The number of para-hydroxylation sites is 1. The van der Waals surface area contributed by atoms with E-state index in [2.05, 4.69) is 22.5 Å². The molecule has 0 radical (unpaired) electrons. The summed E-state index contributed by atoms with van der Waals surface area (Å²) in [5.41, 5.74) is 0.507. The Balaban J connectivity index is 2.30. The molecule has 0 aliphatic carbocycles. The molecular weight excluding hydrogens is 364 g/mol. The number of hydrogen-bond donors (Lipinski definition) is 2. The molecule has 0 aliphatic heterocycles. The predicted molar refractivity (Wildman–Crippen MR) is 108 cm³/mol. The summed E-state index contributed by atoms with van der Waals surface area (Å²) in [5, 5.41) is 5.10. The van der Waals surface area contributed by atoms with Crippen molar-refractivity contribution in [3.8, 4) is 0 Å². The molecule has 1 heterocycles. The van der Waals surface area contributed by atoms with Crippen LogP contribution in [0.25, 0.3) is 10.9 Å². The molecule has 1 aromatic carbocycles. The molecule has 7 nitrogen and oxygen atoms in total. The zero-order chi connectivity index (χ0) is 19.8. The number of benzene rings is 1. The minimum atomic E-state index is -0.572. The molecule has 0 saturated heterocycles. The number of amides is 3. The number of urea groups is 1. The van der Waals surface area contributed by atoms with Crippen LogP contribution in [-0.2, 0) is 11.3 Å². The molecule has 27 heavy (non-hydrogen) atoms. The fourth-order valence-corrected chi connectivity index (χ4v) is 3.55.